The molecule has 1 N–H and O–H groups in total. The Kier molecular flexibility index (Phi) is 6.35. The number of hydrogen-bond donors (Lipinski definition) is 1. The van der Waals surface area contributed by atoms with E-state index in [0.29, 0.717) is 12.5 Å². The van der Waals surface area contributed by atoms with Gasteiger partial charge in [0.1, 0.15) is 0 Å². The first kappa shape index (κ1) is 16.3. The molecule has 0 spiro atoms. The fourth-order valence-corrected chi connectivity index (χ4v) is 1.91. The van der Waals surface area contributed by atoms with Gasteiger partial charge in [0.15, 0.2) is 0 Å². The predicted molar refractivity (Wildman–Crippen MR) is 75.2 cm³/mol. The fourth-order valence-electron chi connectivity index (χ4n) is 1.91. The van der Waals surface area contributed by atoms with Gasteiger partial charge in [0.25, 0.3) is 12.1 Å². The molecule has 0 fully saturated rings. The Morgan fingerprint density at radius 3 is 2.55 bits per heavy atom. The minimum atomic E-state index is -2.73. The minimum Gasteiger partial charge on any atom is -0.385 e. The van der Waals surface area contributed by atoms with Crippen molar-refractivity contribution in [2.24, 2.45) is 5.92 Å². The van der Waals surface area contributed by atoms with Crippen molar-refractivity contribution in [2.75, 3.05) is 11.9 Å². The minimum absolute atomic E-state index is 0.273. The number of unbranched alkanes of at least 4 members (excludes halogenated alkanes) is 1. The van der Waals surface area contributed by atoms with E-state index in [4.69, 9.17) is 0 Å². The van der Waals surface area contributed by atoms with E-state index in [1.165, 1.54) is 12.1 Å². The molecule has 0 aliphatic rings. The van der Waals surface area contributed by atoms with Crippen molar-refractivity contribution in [2.45, 2.75) is 39.5 Å². The van der Waals surface area contributed by atoms with E-state index in [1.54, 1.807) is 0 Å². The molecule has 0 aromatic heterocycles. The van der Waals surface area contributed by atoms with Crippen LogP contribution in [0.4, 0.5) is 20.2 Å². The molecular weight excluding hydrogens is 266 g/mol. The predicted octanol–water partition coefficient (Wildman–Crippen LogP) is 4.77. The van der Waals surface area contributed by atoms with Crippen molar-refractivity contribution in [1.82, 2.24) is 0 Å². The van der Waals surface area contributed by atoms with Crippen LogP contribution in [0.25, 0.3) is 0 Å². The van der Waals surface area contributed by atoms with Crippen LogP contribution >= 0.6 is 0 Å². The van der Waals surface area contributed by atoms with Crippen LogP contribution in [0.1, 0.15) is 45.1 Å². The van der Waals surface area contributed by atoms with Crippen molar-refractivity contribution in [3.63, 3.8) is 0 Å². The summed E-state index contributed by atoms with van der Waals surface area (Å²) in [6.45, 7) is 4.86. The first-order valence-electron chi connectivity index (χ1n) is 6.72. The van der Waals surface area contributed by atoms with Gasteiger partial charge in [-0.1, -0.05) is 26.7 Å². The summed E-state index contributed by atoms with van der Waals surface area (Å²) in [5.41, 5.74) is -0.358. The molecule has 20 heavy (non-hydrogen) atoms. The third-order valence-electron chi connectivity index (χ3n) is 3.00. The second-order valence-electron chi connectivity index (χ2n) is 5.15. The maximum atomic E-state index is 12.9. The van der Waals surface area contributed by atoms with Gasteiger partial charge in [-0.25, -0.2) is 8.78 Å². The summed E-state index contributed by atoms with van der Waals surface area (Å²) in [6, 6.07) is 3.52. The van der Waals surface area contributed by atoms with Gasteiger partial charge in [-0.15, -0.1) is 0 Å². The SMILES string of the molecule is CC(C)CCCCNc1ccc([N+](=O)[O-])cc1C(F)F. The van der Waals surface area contributed by atoms with Gasteiger partial charge in [0.05, 0.1) is 4.92 Å². The summed E-state index contributed by atoms with van der Waals surface area (Å²) in [4.78, 5) is 9.92. The fraction of sp³-hybridized carbons (Fsp3) is 0.571. The average molecular weight is 286 g/mol. The van der Waals surface area contributed by atoms with Crippen molar-refractivity contribution >= 4 is 11.4 Å². The zero-order valence-electron chi connectivity index (χ0n) is 11.7. The molecule has 6 heteroatoms. The average Bonchev–Trinajstić information content (AvgIpc) is 2.37. The number of nitrogens with zero attached hydrogens (tertiary/aromatic N) is 1. The van der Waals surface area contributed by atoms with E-state index in [9.17, 15) is 18.9 Å². The molecule has 0 radical (unpaired) electrons. The number of alkyl halides is 2. The molecule has 0 aliphatic carbocycles. The standard InChI is InChI=1S/C14H20F2N2O2/c1-10(2)5-3-4-8-17-13-7-6-11(18(19)20)9-12(13)14(15)16/h6-7,9-10,14,17H,3-5,8H2,1-2H3. The Morgan fingerprint density at radius 1 is 1.30 bits per heavy atom. The molecular formula is C14H20F2N2O2. The van der Waals surface area contributed by atoms with Crippen molar-refractivity contribution in [3.8, 4) is 0 Å². The molecule has 0 atom stereocenters. The summed E-state index contributed by atoms with van der Waals surface area (Å²) in [6.07, 6.45) is 0.288. The summed E-state index contributed by atoms with van der Waals surface area (Å²) < 4.78 is 25.8. The monoisotopic (exact) mass is 286 g/mol. The first-order valence-corrected chi connectivity index (χ1v) is 6.72. The van der Waals surface area contributed by atoms with Gasteiger partial charge < -0.3 is 5.32 Å². The number of hydrogen-bond acceptors (Lipinski definition) is 3. The van der Waals surface area contributed by atoms with Gasteiger partial charge in [-0.05, 0) is 18.4 Å². The van der Waals surface area contributed by atoms with Crippen LogP contribution in [-0.4, -0.2) is 11.5 Å². The smallest absolute Gasteiger partial charge is 0.270 e. The highest BCUT2D eigenvalue weighted by Gasteiger charge is 2.17. The lowest BCUT2D eigenvalue weighted by Gasteiger charge is -2.11. The molecule has 112 valence electrons. The molecule has 0 aliphatic heterocycles. The number of nitro groups is 1. The van der Waals surface area contributed by atoms with Gasteiger partial charge >= 0.3 is 0 Å². The lowest BCUT2D eigenvalue weighted by Crippen LogP contribution is -2.05. The molecule has 0 amide bonds. The topological polar surface area (TPSA) is 55.2 Å². The summed E-state index contributed by atoms with van der Waals surface area (Å²) in [5.74, 6) is 0.631. The number of rotatable bonds is 8. The normalized spacial score (nSPS) is 11.1. The lowest BCUT2D eigenvalue weighted by molar-refractivity contribution is -0.385. The Balaban J connectivity index is 2.62. The number of nitrogens with one attached hydrogen (secondary N) is 1. The molecule has 1 aromatic rings. The van der Waals surface area contributed by atoms with Crippen LogP contribution in [0.2, 0.25) is 0 Å². The molecule has 0 bridgehead atoms. The zero-order valence-corrected chi connectivity index (χ0v) is 11.7. The number of anilines is 1. The van der Waals surface area contributed by atoms with Crippen molar-refractivity contribution < 1.29 is 13.7 Å². The van der Waals surface area contributed by atoms with Gasteiger partial charge in [-0.2, -0.15) is 0 Å². The Bertz CT molecular complexity index is 451. The third-order valence-corrected chi connectivity index (χ3v) is 3.00. The van der Waals surface area contributed by atoms with Gasteiger partial charge in [-0.3, -0.25) is 10.1 Å². The Morgan fingerprint density at radius 2 is 2.00 bits per heavy atom. The van der Waals surface area contributed by atoms with E-state index in [-0.39, 0.29) is 16.9 Å². The van der Waals surface area contributed by atoms with Gasteiger partial charge in [0, 0.05) is 29.9 Å². The van der Waals surface area contributed by atoms with Crippen LogP contribution in [0.15, 0.2) is 18.2 Å². The summed E-state index contributed by atoms with van der Waals surface area (Å²) in [7, 11) is 0. The van der Waals surface area contributed by atoms with Crippen molar-refractivity contribution in [3.05, 3.63) is 33.9 Å². The maximum Gasteiger partial charge on any atom is 0.270 e. The van der Waals surface area contributed by atoms with Crippen LogP contribution < -0.4 is 5.32 Å². The molecule has 0 unspecified atom stereocenters. The number of nitro benzene ring substituents is 1. The zero-order chi connectivity index (χ0) is 15.1. The molecule has 0 heterocycles. The summed E-state index contributed by atoms with van der Waals surface area (Å²) in [5, 5.41) is 13.5. The highest BCUT2D eigenvalue weighted by Crippen LogP contribution is 2.30. The first-order chi connectivity index (χ1) is 9.41. The molecule has 0 saturated heterocycles. The van der Waals surface area contributed by atoms with Crippen LogP contribution in [-0.2, 0) is 0 Å². The van der Waals surface area contributed by atoms with Crippen molar-refractivity contribution in [1.29, 1.82) is 0 Å². The largest absolute Gasteiger partial charge is 0.385 e. The second kappa shape index (κ2) is 7.77. The third kappa shape index (κ3) is 5.11. The molecule has 0 saturated carbocycles. The molecule has 1 aromatic carbocycles. The van der Waals surface area contributed by atoms with E-state index in [0.717, 1.165) is 25.3 Å². The number of benzene rings is 1. The van der Waals surface area contributed by atoms with E-state index >= 15 is 0 Å². The second-order valence-corrected chi connectivity index (χ2v) is 5.15. The van der Waals surface area contributed by atoms with Crippen LogP contribution in [0, 0.1) is 16.0 Å². The quantitative estimate of drug-likeness (QED) is 0.425. The number of halogens is 2. The summed E-state index contributed by atoms with van der Waals surface area (Å²) >= 11 is 0. The highest BCUT2D eigenvalue weighted by molar-refractivity contribution is 5.56. The highest BCUT2D eigenvalue weighted by atomic mass is 19.3. The Hall–Kier alpha value is -1.72. The van der Waals surface area contributed by atoms with Crippen LogP contribution in [0.3, 0.4) is 0 Å². The molecule has 1 rings (SSSR count). The maximum absolute atomic E-state index is 12.9. The van der Waals surface area contributed by atoms with E-state index < -0.39 is 11.3 Å². The van der Waals surface area contributed by atoms with Crippen LogP contribution in [0.5, 0.6) is 0 Å². The van der Waals surface area contributed by atoms with E-state index in [2.05, 4.69) is 19.2 Å². The Labute approximate surface area is 117 Å². The molecule has 4 nitrogen and oxygen atoms in total. The number of non-ortho nitro benzene ring substituents is 1. The van der Waals surface area contributed by atoms with Gasteiger partial charge in [0.2, 0.25) is 0 Å². The van der Waals surface area contributed by atoms with E-state index in [1.807, 2.05) is 0 Å². The lowest BCUT2D eigenvalue weighted by atomic mass is 10.1.